The molecule has 9 heteroatoms. The van der Waals surface area contributed by atoms with E-state index in [1.165, 1.54) is 11.8 Å². The van der Waals surface area contributed by atoms with Crippen molar-refractivity contribution in [2.24, 2.45) is 0 Å². The summed E-state index contributed by atoms with van der Waals surface area (Å²) in [6.45, 7) is 2.10. The lowest BCUT2D eigenvalue weighted by atomic mass is 10.1. The SMILES string of the molecule is CCOC(=O)c1ccc(CSc2nnc(CS(=O)(=O)c3ccccc3)n2-c2ccccc2)cc1. The maximum Gasteiger partial charge on any atom is 0.338 e. The number of sulfone groups is 1. The first-order valence-corrected chi connectivity index (χ1v) is 13.3. The van der Waals surface area contributed by atoms with Crippen molar-refractivity contribution in [3.8, 4) is 5.69 Å². The molecule has 0 spiro atoms. The number of para-hydroxylation sites is 1. The Balaban J connectivity index is 1.58. The number of carbonyl (C=O) groups is 1. The van der Waals surface area contributed by atoms with Crippen molar-refractivity contribution in [1.82, 2.24) is 14.8 Å². The molecule has 4 aromatic rings. The predicted octanol–water partition coefficient (Wildman–Crippen LogP) is 4.71. The van der Waals surface area contributed by atoms with Crippen LogP contribution in [0.1, 0.15) is 28.7 Å². The van der Waals surface area contributed by atoms with E-state index < -0.39 is 9.84 Å². The van der Waals surface area contributed by atoms with Gasteiger partial charge < -0.3 is 4.74 Å². The van der Waals surface area contributed by atoms with Crippen LogP contribution in [-0.4, -0.2) is 35.8 Å². The maximum atomic E-state index is 13.0. The molecule has 1 aromatic heterocycles. The molecule has 0 unspecified atom stereocenters. The molecule has 0 N–H and O–H groups in total. The van der Waals surface area contributed by atoms with Crippen LogP contribution in [0.2, 0.25) is 0 Å². The first-order chi connectivity index (χ1) is 16.5. The van der Waals surface area contributed by atoms with Gasteiger partial charge in [-0.1, -0.05) is 60.3 Å². The molecule has 174 valence electrons. The summed E-state index contributed by atoms with van der Waals surface area (Å²) in [5.41, 5.74) is 2.27. The van der Waals surface area contributed by atoms with E-state index >= 15 is 0 Å². The molecule has 0 saturated heterocycles. The first kappa shape index (κ1) is 23.7. The Morgan fingerprint density at radius 3 is 2.21 bits per heavy atom. The normalized spacial score (nSPS) is 11.3. The van der Waals surface area contributed by atoms with Gasteiger partial charge in [-0.25, -0.2) is 13.2 Å². The van der Waals surface area contributed by atoms with Crippen LogP contribution in [0.3, 0.4) is 0 Å². The number of nitrogens with zero attached hydrogens (tertiary/aromatic N) is 3. The summed E-state index contributed by atoms with van der Waals surface area (Å²) in [4.78, 5) is 12.1. The number of esters is 1. The number of aromatic nitrogens is 3. The lowest BCUT2D eigenvalue weighted by Gasteiger charge is -2.11. The second-order valence-corrected chi connectivity index (χ2v) is 10.3. The van der Waals surface area contributed by atoms with E-state index in [0.29, 0.717) is 28.9 Å². The maximum absolute atomic E-state index is 13.0. The van der Waals surface area contributed by atoms with E-state index in [9.17, 15) is 13.2 Å². The van der Waals surface area contributed by atoms with Crippen LogP contribution >= 0.6 is 11.8 Å². The van der Waals surface area contributed by atoms with Gasteiger partial charge in [-0.2, -0.15) is 0 Å². The Labute approximate surface area is 202 Å². The molecule has 0 aliphatic heterocycles. The van der Waals surface area contributed by atoms with Gasteiger partial charge in [-0.3, -0.25) is 4.57 Å². The van der Waals surface area contributed by atoms with Gasteiger partial charge in [0.05, 0.1) is 17.1 Å². The minimum absolute atomic E-state index is 0.244. The van der Waals surface area contributed by atoms with Gasteiger partial charge in [0.1, 0.15) is 5.75 Å². The standard InChI is InChI=1S/C25H23N3O4S2/c1-2-32-24(29)20-15-13-19(14-16-20)17-33-25-27-26-23(28(25)21-9-5-3-6-10-21)18-34(30,31)22-11-7-4-8-12-22/h3-16H,2,17-18H2,1H3. The topological polar surface area (TPSA) is 91.2 Å². The minimum atomic E-state index is -3.59. The van der Waals surface area contributed by atoms with Crippen molar-refractivity contribution in [3.63, 3.8) is 0 Å². The quantitative estimate of drug-likeness (QED) is 0.246. The summed E-state index contributed by atoms with van der Waals surface area (Å²) in [5, 5.41) is 9.10. The molecule has 0 saturated carbocycles. The van der Waals surface area contributed by atoms with Gasteiger partial charge in [0.25, 0.3) is 0 Å². The fourth-order valence-corrected chi connectivity index (χ4v) is 5.50. The highest BCUT2D eigenvalue weighted by Gasteiger charge is 2.22. The summed E-state index contributed by atoms with van der Waals surface area (Å²) >= 11 is 1.44. The van der Waals surface area contributed by atoms with Crippen LogP contribution in [0, 0.1) is 0 Å². The second kappa shape index (κ2) is 10.7. The van der Waals surface area contributed by atoms with Crippen LogP contribution in [0.25, 0.3) is 5.69 Å². The van der Waals surface area contributed by atoms with Crippen LogP contribution in [-0.2, 0) is 26.1 Å². The zero-order chi connectivity index (χ0) is 24.0. The lowest BCUT2D eigenvalue weighted by molar-refractivity contribution is 0.0526. The van der Waals surface area contributed by atoms with Crippen molar-refractivity contribution in [2.75, 3.05) is 6.61 Å². The first-order valence-electron chi connectivity index (χ1n) is 10.6. The van der Waals surface area contributed by atoms with E-state index in [1.807, 2.05) is 42.5 Å². The number of rotatable bonds is 9. The minimum Gasteiger partial charge on any atom is -0.462 e. The predicted molar refractivity (Wildman–Crippen MR) is 131 cm³/mol. The Bertz CT molecular complexity index is 1350. The average molecular weight is 494 g/mol. The summed E-state index contributed by atoms with van der Waals surface area (Å²) in [5.74, 6) is 0.290. The number of carbonyl (C=O) groups excluding carboxylic acids is 1. The Morgan fingerprint density at radius 2 is 1.56 bits per heavy atom. The smallest absolute Gasteiger partial charge is 0.338 e. The van der Waals surface area contributed by atoms with E-state index in [1.54, 1.807) is 54.0 Å². The summed E-state index contributed by atoms with van der Waals surface area (Å²) in [7, 11) is -3.59. The summed E-state index contributed by atoms with van der Waals surface area (Å²) in [6.07, 6.45) is 0. The fraction of sp³-hybridized carbons (Fsp3) is 0.160. The fourth-order valence-electron chi connectivity index (χ4n) is 3.30. The molecule has 1 heterocycles. The van der Waals surface area contributed by atoms with Gasteiger partial charge in [0.2, 0.25) is 0 Å². The molecular formula is C25H23N3O4S2. The monoisotopic (exact) mass is 493 g/mol. The third kappa shape index (κ3) is 5.55. The molecule has 0 aliphatic rings. The average Bonchev–Trinajstić information content (AvgIpc) is 3.26. The molecule has 0 bridgehead atoms. The van der Waals surface area contributed by atoms with Crippen molar-refractivity contribution < 1.29 is 17.9 Å². The highest BCUT2D eigenvalue weighted by Crippen LogP contribution is 2.27. The summed E-state index contributed by atoms with van der Waals surface area (Å²) in [6, 6.07) is 25.0. The van der Waals surface area contributed by atoms with Crippen LogP contribution in [0.4, 0.5) is 0 Å². The van der Waals surface area contributed by atoms with Crippen LogP contribution < -0.4 is 0 Å². The molecule has 0 amide bonds. The van der Waals surface area contributed by atoms with Crippen molar-refractivity contribution >= 4 is 27.6 Å². The zero-order valence-electron chi connectivity index (χ0n) is 18.5. The lowest BCUT2D eigenvalue weighted by Crippen LogP contribution is -2.11. The van der Waals surface area contributed by atoms with E-state index in [2.05, 4.69) is 10.2 Å². The molecule has 7 nitrogen and oxygen atoms in total. The number of hydrogen-bond donors (Lipinski definition) is 0. The third-order valence-electron chi connectivity index (χ3n) is 4.97. The van der Waals surface area contributed by atoms with Gasteiger partial charge in [-0.15, -0.1) is 10.2 Å². The highest BCUT2D eigenvalue weighted by molar-refractivity contribution is 7.98. The number of hydrogen-bond acceptors (Lipinski definition) is 7. The Kier molecular flexibility index (Phi) is 7.44. The highest BCUT2D eigenvalue weighted by atomic mass is 32.2. The second-order valence-electron chi connectivity index (χ2n) is 7.35. The Hall–Kier alpha value is -3.43. The summed E-state index contributed by atoms with van der Waals surface area (Å²) < 4.78 is 32.8. The largest absolute Gasteiger partial charge is 0.462 e. The van der Waals surface area contributed by atoms with Crippen molar-refractivity contribution in [1.29, 1.82) is 0 Å². The zero-order valence-corrected chi connectivity index (χ0v) is 20.1. The van der Waals surface area contributed by atoms with E-state index in [0.717, 1.165) is 11.3 Å². The molecule has 0 fully saturated rings. The van der Waals surface area contributed by atoms with Crippen LogP contribution in [0.15, 0.2) is 95.0 Å². The molecular weight excluding hydrogens is 470 g/mol. The third-order valence-corrected chi connectivity index (χ3v) is 7.60. The van der Waals surface area contributed by atoms with E-state index in [4.69, 9.17) is 4.74 Å². The number of benzene rings is 3. The van der Waals surface area contributed by atoms with Gasteiger partial charge >= 0.3 is 5.97 Å². The molecule has 34 heavy (non-hydrogen) atoms. The van der Waals surface area contributed by atoms with Gasteiger partial charge in [0, 0.05) is 11.4 Å². The van der Waals surface area contributed by atoms with Crippen molar-refractivity contribution in [2.45, 2.75) is 28.5 Å². The van der Waals surface area contributed by atoms with Gasteiger partial charge in [-0.05, 0) is 48.9 Å². The molecule has 0 atom stereocenters. The van der Waals surface area contributed by atoms with Gasteiger partial charge in [0.15, 0.2) is 20.8 Å². The molecule has 0 radical (unpaired) electrons. The number of ether oxygens (including phenoxy) is 1. The Morgan fingerprint density at radius 1 is 0.912 bits per heavy atom. The van der Waals surface area contributed by atoms with Crippen LogP contribution in [0.5, 0.6) is 0 Å². The molecule has 0 aliphatic carbocycles. The molecule has 3 aromatic carbocycles. The van der Waals surface area contributed by atoms with E-state index in [-0.39, 0.29) is 16.6 Å². The van der Waals surface area contributed by atoms with Crippen molar-refractivity contribution in [3.05, 3.63) is 102 Å². The number of thioether (sulfide) groups is 1. The molecule has 4 rings (SSSR count).